The summed E-state index contributed by atoms with van der Waals surface area (Å²) in [5.74, 6) is -1.50. The Kier molecular flexibility index (Phi) is 3.54. The number of rotatable bonds is 3. The summed E-state index contributed by atoms with van der Waals surface area (Å²) in [6.07, 6.45) is 0. The molecule has 0 atom stereocenters. The molecule has 0 aliphatic carbocycles. The zero-order valence-electron chi connectivity index (χ0n) is 9.70. The molecule has 0 N–H and O–H groups in total. The summed E-state index contributed by atoms with van der Waals surface area (Å²) in [7, 11) is 1.50. The highest BCUT2D eigenvalue weighted by molar-refractivity contribution is 6.80. The molecule has 1 aliphatic rings. The van der Waals surface area contributed by atoms with Crippen LogP contribution < -0.4 is 0 Å². The average molecular weight is 230 g/mol. The Bertz CT molecular complexity index is 251. The molecule has 5 heteroatoms. The molecule has 0 aromatic rings. The predicted octanol–water partition coefficient (Wildman–Crippen LogP) is 1.29. The standard InChI is InChI=1S/C10H18O4Si/c1-13-9(11)8(10(12)14-2)7-5-15(3,4)6-7/h7-8H,5-6H2,1-4H3. The lowest BCUT2D eigenvalue weighted by Gasteiger charge is -2.43. The fraction of sp³-hybridized carbons (Fsp3) is 0.800. The van der Waals surface area contributed by atoms with Crippen LogP contribution in [-0.4, -0.2) is 34.2 Å². The average Bonchev–Trinajstić information content (AvgIpc) is 2.14. The molecule has 15 heavy (non-hydrogen) atoms. The van der Waals surface area contributed by atoms with Gasteiger partial charge >= 0.3 is 11.9 Å². The highest BCUT2D eigenvalue weighted by Gasteiger charge is 2.48. The monoisotopic (exact) mass is 230 g/mol. The summed E-state index contributed by atoms with van der Waals surface area (Å²) in [5.41, 5.74) is 0. The van der Waals surface area contributed by atoms with E-state index in [2.05, 4.69) is 22.6 Å². The van der Waals surface area contributed by atoms with E-state index in [-0.39, 0.29) is 5.92 Å². The van der Waals surface area contributed by atoms with Gasteiger partial charge in [-0.1, -0.05) is 25.2 Å². The van der Waals surface area contributed by atoms with E-state index in [0.29, 0.717) is 0 Å². The van der Waals surface area contributed by atoms with Crippen molar-refractivity contribution in [2.24, 2.45) is 11.8 Å². The quantitative estimate of drug-likeness (QED) is 0.416. The Morgan fingerprint density at radius 3 is 1.80 bits per heavy atom. The number of carbonyl (C=O) groups is 2. The van der Waals surface area contributed by atoms with Gasteiger partial charge in [-0.05, 0) is 5.92 Å². The third kappa shape index (κ3) is 2.59. The number of esters is 2. The molecule has 0 spiro atoms. The molecule has 1 rings (SSSR count). The summed E-state index contributed by atoms with van der Waals surface area (Å²) >= 11 is 0. The van der Waals surface area contributed by atoms with E-state index in [1.807, 2.05) is 0 Å². The Morgan fingerprint density at radius 2 is 1.53 bits per heavy atom. The van der Waals surface area contributed by atoms with E-state index in [0.717, 1.165) is 12.1 Å². The van der Waals surface area contributed by atoms with Crippen molar-refractivity contribution in [2.75, 3.05) is 14.2 Å². The SMILES string of the molecule is COC(=O)C(C(=O)OC)C1C[Si](C)(C)C1. The zero-order valence-corrected chi connectivity index (χ0v) is 10.7. The summed E-state index contributed by atoms with van der Waals surface area (Å²) in [4.78, 5) is 22.9. The summed E-state index contributed by atoms with van der Waals surface area (Å²) in [5, 5.41) is 0. The van der Waals surface area contributed by atoms with Crippen LogP contribution in [0.4, 0.5) is 0 Å². The molecule has 0 unspecified atom stereocenters. The van der Waals surface area contributed by atoms with Crippen molar-refractivity contribution in [3.05, 3.63) is 0 Å². The molecule has 0 aromatic heterocycles. The fourth-order valence-electron chi connectivity index (χ4n) is 2.33. The Balaban J connectivity index is 2.67. The van der Waals surface area contributed by atoms with Crippen LogP contribution in [0.2, 0.25) is 25.2 Å². The maximum Gasteiger partial charge on any atom is 0.320 e. The van der Waals surface area contributed by atoms with Gasteiger partial charge in [0.25, 0.3) is 0 Å². The minimum absolute atomic E-state index is 0.131. The Morgan fingerprint density at radius 1 is 1.13 bits per heavy atom. The maximum absolute atomic E-state index is 11.4. The maximum atomic E-state index is 11.4. The van der Waals surface area contributed by atoms with Crippen LogP contribution in [0.15, 0.2) is 0 Å². The molecular formula is C10H18O4Si. The van der Waals surface area contributed by atoms with Gasteiger partial charge in [0.05, 0.1) is 14.2 Å². The number of hydrogen-bond donors (Lipinski definition) is 0. The minimum atomic E-state index is -1.11. The zero-order chi connectivity index (χ0) is 11.6. The Labute approximate surface area is 90.9 Å². The van der Waals surface area contributed by atoms with Crippen molar-refractivity contribution >= 4 is 20.0 Å². The van der Waals surface area contributed by atoms with Crippen molar-refractivity contribution in [1.29, 1.82) is 0 Å². The van der Waals surface area contributed by atoms with E-state index >= 15 is 0 Å². The summed E-state index contributed by atoms with van der Waals surface area (Å²) < 4.78 is 9.27. The van der Waals surface area contributed by atoms with Gasteiger partial charge < -0.3 is 9.47 Å². The highest BCUT2D eigenvalue weighted by Crippen LogP contribution is 2.43. The van der Waals surface area contributed by atoms with Crippen molar-refractivity contribution in [3.63, 3.8) is 0 Å². The highest BCUT2D eigenvalue weighted by atomic mass is 28.3. The Hall–Kier alpha value is -0.843. The largest absolute Gasteiger partial charge is 0.468 e. The smallest absolute Gasteiger partial charge is 0.320 e. The van der Waals surface area contributed by atoms with E-state index in [9.17, 15) is 9.59 Å². The van der Waals surface area contributed by atoms with Gasteiger partial charge in [-0.2, -0.15) is 0 Å². The number of hydrogen-bond acceptors (Lipinski definition) is 4. The first-order valence-electron chi connectivity index (χ1n) is 5.07. The topological polar surface area (TPSA) is 52.6 Å². The molecule has 86 valence electrons. The molecule has 4 nitrogen and oxygen atoms in total. The van der Waals surface area contributed by atoms with Gasteiger partial charge in [-0.25, -0.2) is 0 Å². The first kappa shape index (κ1) is 12.2. The second-order valence-corrected chi connectivity index (χ2v) is 10.0. The summed E-state index contributed by atoms with van der Waals surface area (Å²) in [6.45, 7) is 4.52. The van der Waals surface area contributed by atoms with Gasteiger partial charge in [-0.15, -0.1) is 0 Å². The lowest BCUT2D eigenvalue weighted by atomic mass is 9.94. The minimum Gasteiger partial charge on any atom is -0.468 e. The first-order valence-corrected chi connectivity index (χ1v) is 8.48. The molecule has 1 fully saturated rings. The number of carbonyl (C=O) groups excluding carboxylic acids is 2. The first-order chi connectivity index (χ1) is 6.91. The molecule has 1 aliphatic heterocycles. The molecule has 0 radical (unpaired) electrons. The van der Waals surface area contributed by atoms with Gasteiger partial charge in [0.1, 0.15) is 0 Å². The predicted molar refractivity (Wildman–Crippen MR) is 58.1 cm³/mol. The van der Waals surface area contributed by atoms with Gasteiger partial charge in [0.15, 0.2) is 5.92 Å². The second kappa shape index (κ2) is 4.34. The van der Waals surface area contributed by atoms with Crippen LogP contribution >= 0.6 is 0 Å². The van der Waals surface area contributed by atoms with Crippen LogP contribution in [0.5, 0.6) is 0 Å². The van der Waals surface area contributed by atoms with Gasteiger partial charge in [0, 0.05) is 8.07 Å². The van der Waals surface area contributed by atoms with E-state index in [4.69, 9.17) is 0 Å². The van der Waals surface area contributed by atoms with Crippen LogP contribution in [0.1, 0.15) is 0 Å². The molecule has 1 heterocycles. The molecule has 0 bridgehead atoms. The molecule has 0 amide bonds. The third-order valence-corrected chi connectivity index (χ3v) is 6.27. The van der Waals surface area contributed by atoms with Crippen LogP contribution in [-0.2, 0) is 19.1 Å². The molecular weight excluding hydrogens is 212 g/mol. The van der Waals surface area contributed by atoms with E-state index in [1.54, 1.807) is 0 Å². The number of methoxy groups -OCH3 is 2. The number of ether oxygens (including phenoxy) is 2. The van der Waals surface area contributed by atoms with Crippen molar-refractivity contribution in [1.82, 2.24) is 0 Å². The van der Waals surface area contributed by atoms with Gasteiger partial charge in [-0.3, -0.25) is 9.59 Å². The van der Waals surface area contributed by atoms with Crippen molar-refractivity contribution in [2.45, 2.75) is 25.2 Å². The van der Waals surface area contributed by atoms with Crippen LogP contribution in [0, 0.1) is 11.8 Å². The van der Waals surface area contributed by atoms with Crippen molar-refractivity contribution < 1.29 is 19.1 Å². The van der Waals surface area contributed by atoms with E-state index < -0.39 is 25.9 Å². The van der Waals surface area contributed by atoms with E-state index in [1.165, 1.54) is 14.2 Å². The van der Waals surface area contributed by atoms with Crippen LogP contribution in [0.25, 0.3) is 0 Å². The molecule has 0 aromatic carbocycles. The molecule has 0 saturated carbocycles. The normalized spacial score (nSPS) is 19.5. The van der Waals surface area contributed by atoms with Crippen LogP contribution in [0.3, 0.4) is 0 Å². The summed E-state index contributed by atoms with van der Waals surface area (Å²) in [6, 6.07) is 2.00. The van der Waals surface area contributed by atoms with Crippen molar-refractivity contribution in [3.8, 4) is 0 Å². The lowest BCUT2D eigenvalue weighted by molar-refractivity contribution is -0.161. The third-order valence-electron chi connectivity index (χ3n) is 3.01. The fourth-order valence-corrected chi connectivity index (χ4v) is 5.52. The van der Waals surface area contributed by atoms with Gasteiger partial charge in [0.2, 0.25) is 0 Å². The molecule has 1 saturated heterocycles. The lowest BCUT2D eigenvalue weighted by Crippen LogP contribution is -2.49. The second-order valence-electron chi connectivity index (χ2n) is 4.86.